The predicted molar refractivity (Wildman–Crippen MR) is 78.0 cm³/mol. The normalized spacial score (nSPS) is 12.6. The first-order chi connectivity index (χ1) is 9.11. The van der Waals surface area contributed by atoms with E-state index in [0.717, 1.165) is 24.3 Å². The second-order valence-corrected chi connectivity index (χ2v) is 5.43. The van der Waals surface area contributed by atoms with Crippen molar-refractivity contribution < 1.29 is 8.81 Å². The van der Waals surface area contributed by atoms with Crippen molar-refractivity contribution in [1.82, 2.24) is 5.32 Å². The molecule has 1 unspecified atom stereocenters. The standard InChI is InChI=1S/C14H14BrClFNO/c1-2-7-18-14(12-5-6-13(16)19-12)9-3-4-11(17)10(15)8-9/h3-6,8,14,18H,2,7H2,1H3. The zero-order valence-corrected chi connectivity index (χ0v) is 12.8. The smallest absolute Gasteiger partial charge is 0.193 e. The number of rotatable bonds is 5. The van der Waals surface area contributed by atoms with Gasteiger partial charge < -0.3 is 9.73 Å². The van der Waals surface area contributed by atoms with Gasteiger partial charge in [-0.05, 0) is 70.3 Å². The Labute approximate surface area is 125 Å². The Kier molecular flexibility index (Phi) is 5.02. The lowest BCUT2D eigenvalue weighted by atomic mass is 10.0. The highest BCUT2D eigenvalue weighted by molar-refractivity contribution is 9.10. The fourth-order valence-electron chi connectivity index (χ4n) is 1.85. The summed E-state index contributed by atoms with van der Waals surface area (Å²) in [6.45, 7) is 2.91. The van der Waals surface area contributed by atoms with E-state index < -0.39 is 0 Å². The first kappa shape index (κ1) is 14.6. The fourth-order valence-corrected chi connectivity index (χ4v) is 2.40. The van der Waals surface area contributed by atoms with E-state index in [9.17, 15) is 4.39 Å². The molecule has 19 heavy (non-hydrogen) atoms. The maximum atomic E-state index is 13.3. The lowest BCUT2D eigenvalue weighted by Gasteiger charge is -2.17. The summed E-state index contributed by atoms with van der Waals surface area (Å²) < 4.78 is 19.2. The highest BCUT2D eigenvalue weighted by Gasteiger charge is 2.18. The summed E-state index contributed by atoms with van der Waals surface area (Å²) in [5, 5.41) is 3.71. The number of hydrogen-bond donors (Lipinski definition) is 1. The van der Waals surface area contributed by atoms with Gasteiger partial charge in [-0.15, -0.1) is 0 Å². The minimum atomic E-state index is -0.282. The van der Waals surface area contributed by atoms with Crippen molar-refractivity contribution in [2.45, 2.75) is 19.4 Å². The highest BCUT2D eigenvalue weighted by Crippen LogP contribution is 2.28. The van der Waals surface area contributed by atoms with Gasteiger partial charge in [0.05, 0.1) is 10.5 Å². The van der Waals surface area contributed by atoms with Crippen LogP contribution < -0.4 is 5.32 Å². The van der Waals surface area contributed by atoms with E-state index in [0.29, 0.717) is 9.69 Å². The zero-order chi connectivity index (χ0) is 13.8. The van der Waals surface area contributed by atoms with Crippen molar-refractivity contribution in [3.8, 4) is 0 Å². The summed E-state index contributed by atoms with van der Waals surface area (Å²) in [6, 6.07) is 8.32. The van der Waals surface area contributed by atoms with Crippen molar-refractivity contribution in [3.05, 3.63) is 57.2 Å². The van der Waals surface area contributed by atoms with Crippen LogP contribution in [-0.4, -0.2) is 6.54 Å². The zero-order valence-electron chi connectivity index (χ0n) is 10.4. The molecule has 0 aliphatic carbocycles. The van der Waals surface area contributed by atoms with Gasteiger partial charge in [0.2, 0.25) is 0 Å². The van der Waals surface area contributed by atoms with E-state index in [2.05, 4.69) is 28.2 Å². The fraction of sp³-hybridized carbons (Fsp3) is 0.286. The Morgan fingerprint density at radius 3 is 2.74 bits per heavy atom. The molecule has 0 aliphatic rings. The first-order valence-corrected chi connectivity index (χ1v) is 7.22. The molecule has 1 N–H and O–H groups in total. The maximum absolute atomic E-state index is 13.3. The van der Waals surface area contributed by atoms with E-state index in [4.69, 9.17) is 16.0 Å². The van der Waals surface area contributed by atoms with Crippen LogP contribution in [-0.2, 0) is 0 Å². The third-order valence-electron chi connectivity index (χ3n) is 2.75. The third kappa shape index (κ3) is 3.59. The van der Waals surface area contributed by atoms with E-state index in [1.54, 1.807) is 18.2 Å². The minimum Gasteiger partial charge on any atom is -0.448 e. The van der Waals surface area contributed by atoms with E-state index in [1.807, 2.05) is 6.07 Å². The maximum Gasteiger partial charge on any atom is 0.193 e. The van der Waals surface area contributed by atoms with Crippen molar-refractivity contribution in [2.75, 3.05) is 6.54 Å². The molecule has 5 heteroatoms. The van der Waals surface area contributed by atoms with Crippen LogP contribution in [0.3, 0.4) is 0 Å². The molecule has 0 aliphatic heterocycles. The molecule has 1 aromatic carbocycles. The van der Waals surface area contributed by atoms with Gasteiger partial charge in [0.25, 0.3) is 0 Å². The molecule has 0 amide bonds. The van der Waals surface area contributed by atoms with Crippen LogP contribution in [0.2, 0.25) is 5.22 Å². The first-order valence-electron chi connectivity index (χ1n) is 6.05. The number of halogens is 3. The van der Waals surface area contributed by atoms with E-state index in [-0.39, 0.29) is 11.9 Å². The lowest BCUT2D eigenvalue weighted by Crippen LogP contribution is -2.22. The molecule has 0 spiro atoms. The second kappa shape index (κ2) is 6.55. The largest absolute Gasteiger partial charge is 0.448 e. The van der Waals surface area contributed by atoms with Gasteiger partial charge >= 0.3 is 0 Å². The Balaban J connectivity index is 2.33. The minimum absolute atomic E-state index is 0.135. The molecule has 1 heterocycles. The predicted octanol–water partition coefficient (Wildman–Crippen LogP) is 4.92. The molecule has 1 atom stereocenters. The quantitative estimate of drug-likeness (QED) is 0.831. The van der Waals surface area contributed by atoms with Crippen molar-refractivity contribution in [1.29, 1.82) is 0 Å². The second-order valence-electron chi connectivity index (χ2n) is 4.20. The number of nitrogens with one attached hydrogen (secondary N) is 1. The Bertz CT molecular complexity index is 558. The van der Waals surface area contributed by atoms with Crippen LogP contribution in [0.15, 0.2) is 39.2 Å². The summed E-state index contributed by atoms with van der Waals surface area (Å²) in [7, 11) is 0. The molecule has 0 fully saturated rings. The number of benzene rings is 1. The average molecular weight is 347 g/mol. The van der Waals surface area contributed by atoms with Gasteiger partial charge in [0, 0.05) is 0 Å². The molecule has 0 saturated carbocycles. The van der Waals surface area contributed by atoms with E-state index >= 15 is 0 Å². The summed E-state index contributed by atoms with van der Waals surface area (Å²) >= 11 is 9.02. The van der Waals surface area contributed by atoms with Crippen molar-refractivity contribution in [2.24, 2.45) is 0 Å². The third-order valence-corrected chi connectivity index (χ3v) is 3.56. The Morgan fingerprint density at radius 1 is 1.37 bits per heavy atom. The van der Waals surface area contributed by atoms with E-state index in [1.165, 1.54) is 6.07 Å². The van der Waals surface area contributed by atoms with Crippen LogP contribution in [0.5, 0.6) is 0 Å². The molecule has 0 saturated heterocycles. The van der Waals surface area contributed by atoms with Gasteiger partial charge in [-0.1, -0.05) is 13.0 Å². The summed E-state index contributed by atoms with van der Waals surface area (Å²) in [5.74, 6) is 0.437. The molecule has 2 aromatic rings. The SMILES string of the molecule is CCCNC(c1ccc(F)c(Br)c1)c1ccc(Cl)o1. The van der Waals surface area contributed by atoms with Gasteiger partial charge in [-0.3, -0.25) is 0 Å². The molecule has 2 nitrogen and oxygen atoms in total. The monoisotopic (exact) mass is 345 g/mol. The number of hydrogen-bond acceptors (Lipinski definition) is 2. The summed E-state index contributed by atoms with van der Waals surface area (Å²) in [6.07, 6.45) is 0.993. The Morgan fingerprint density at radius 2 is 2.16 bits per heavy atom. The highest BCUT2D eigenvalue weighted by atomic mass is 79.9. The van der Waals surface area contributed by atoms with Crippen molar-refractivity contribution in [3.63, 3.8) is 0 Å². The molecular weight excluding hydrogens is 333 g/mol. The van der Waals surface area contributed by atoms with Crippen LogP contribution in [0.4, 0.5) is 4.39 Å². The average Bonchev–Trinajstić information content (AvgIpc) is 2.80. The van der Waals surface area contributed by atoms with Crippen LogP contribution in [0, 0.1) is 5.82 Å². The molecule has 0 bridgehead atoms. The van der Waals surface area contributed by atoms with Gasteiger partial charge in [-0.25, -0.2) is 4.39 Å². The lowest BCUT2D eigenvalue weighted by molar-refractivity contribution is 0.447. The van der Waals surface area contributed by atoms with Crippen molar-refractivity contribution >= 4 is 27.5 Å². The van der Waals surface area contributed by atoms with Crippen LogP contribution >= 0.6 is 27.5 Å². The van der Waals surface area contributed by atoms with Gasteiger partial charge in [0.1, 0.15) is 11.6 Å². The molecule has 0 radical (unpaired) electrons. The molecule has 1 aromatic heterocycles. The summed E-state index contributed by atoms with van der Waals surface area (Å²) in [4.78, 5) is 0. The van der Waals surface area contributed by atoms with Gasteiger partial charge in [-0.2, -0.15) is 0 Å². The summed E-state index contributed by atoms with van der Waals surface area (Å²) in [5.41, 5.74) is 0.924. The van der Waals surface area contributed by atoms with Crippen LogP contribution in [0.1, 0.15) is 30.7 Å². The Hall–Kier alpha value is -0.840. The number of furan rings is 1. The molecule has 2 rings (SSSR count). The van der Waals surface area contributed by atoms with Gasteiger partial charge in [0.15, 0.2) is 5.22 Å². The molecule has 102 valence electrons. The van der Waals surface area contributed by atoms with Crippen LogP contribution in [0.25, 0.3) is 0 Å². The molecular formula is C14H14BrClFNO. The topological polar surface area (TPSA) is 25.2 Å².